The number of alkyl halides is 2. The number of halogens is 4. The summed E-state index contributed by atoms with van der Waals surface area (Å²) in [6, 6.07) is 5.70. The molecular formula is C12H13Br3INO. The van der Waals surface area contributed by atoms with Crippen molar-refractivity contribution in [3.8, 4) is 0 Å². The summed E-state index contributed by atoms with van der Waals surface area (Å²) >= 11 is 12.5. The molecule has 0 radical (unpaired) electrons. The minimum atomic E-state index is -0.248. The quantitative estimate of drug-likeness (QED) is 0.415. The Balaban J connectivity index is 2.97. The van der Waals surface area contributed by atoms with E-state index in [4.69, 9.17) is 0 Å². The average molecular weight is 554 g/mol. The molecule has 0 unspecified atom stereocenters. The van der Waals surface area contributed by atoms with Gasteiger partial charge in [0.05, 0.1) is 11.1 Å². The van der Waals surface area contributed by atoms with Crippen molar-refractivity contribution in [2.45, 2.75) is 18.9 Å². The summed E-state index contributed by atoms with van der Waals surface area (Å²) in [6.07, 6.45) is 0.861. The van der Waals surface area contributed by atoms with Gasteiger partial charge in [-0.1, -0.05) is 54.7 Å². The molecule has 0 aliphatic carbocycles. The van der Waals surface area contributed by atoms with Gasteiger partial charge in [0, 0.05) is 18.7 Å². The molecule has 0 aliphatic rings. The van der Waals surface area contributed by atoms with E-state index in [1.165, 1.54) is 0 Å². The van der Waals surface area contributed by atoms with Crippen LogP contribution >= 0.6 is 70.4 Å². The maximum atomic E-state index is 12.3. The Labute approximate surface area is 146 Å². The number of hydrogen-bond donors (Lipinski definition) is 1. The van der Waals surface area contributed by atoms with E-state index in [0.717, 1.165) is 25.1 Å². The highest BCUT2D eigenvalue weighted by atomic mass is 127. The van der Waals surface area contributed by atoms with Crippen molar-refractivity contribution < 1.29 is 4.79 Å². The van der Waals surface area contributed by atoms with Crippen LogP contribution in [0.3, 0.4) is 0 Å². The predicted octanol–water partition coefficient (Wildman–Crippen LogP) is 4.72. The molecule has 1 rings (SSSR count). The van der Waals surface area contributed by atoms with Crippen LogP contribution in [0.5, 0.6) is 0 Å². The van der Waals surface area contributed by atoms with Crippen LogP contribution in [0.2, 0.25) is 0 Å². The van der Waals surface area contributed by atoms with Gasteiger partial charge < -0.3 is 5.32 Å². The second-order valence-corrected chi connectivity index (χ2v) is 7.18. The van der Waals surface area contributed by atoms with E-state index in [-0.39, 0.29) is 11.4 Å². The lowest BCUT2D eigenvalue weighted by Crippen LogP contribution is -2.51. The molecule has 1 amide bonds. The summed E-state index contributed by atoms with van der Waals surface area (Å²) in [7, 11) is 0. The van der Waals surface area contributed by atoms with Gasteiger partial charge in [-0.15, -0.1) is 0 Å². The molecular weight excluding hydrogens is 541 g/mol. The molecule has 0 fully saturated rings. The molecule has 1 aromatic rings. The first-order chi connectivity index (χ1) is 8.48. The van der Waals surface area contributed by atoms with Gasteiger partial charge >= 0.3 is 0 Å². The van der Waals surface area contributed by atoms with E-state index in [2.05, 4.69) is 82.6 Å². The van der Waals surface area contributed by atoms with Gasteiger partial charge in [0.2, 0.25) is 0 Å². The van der Waals surface area contributed by atoms with Crippen LogP contribution in [0.25, 0.3) is 0 Å². The summed E-state index contributed by atoms with van der Waals surface area (Å²) in [5.41, 5.74) is 0.451. The van der Waals surface area contributed by atoms with Crippen LogP contribution in [0.4, 0.5) is 0 Å². The van der Waals surface area contributed by atoms with Crippen LogP contribution < -0.4 is 5.32 Å². The summed E-state index contributed by atoms with van der Waals surface area (Å²) in [5, 5.41) is 4.55. The van der Waals surface area contributed by atoms with E-state index in [9.17, 15) is 4.79 Å². The Morgan fingerprint density at radius 1 is 1.39 bits per heavy atom. The Kier molecular flexibility index (Phi) is 7.13. The molecule has 0 saturated carbocycles. The summed E-state index contributed by atoms with van der Waals surface area (Å²) in [5.74, 6) is -0.0403. The van der Waals surface area contributed by atoms with Gasteiger partial charge in [0.25, 0.3) is 5.91 Å². The van der Waals surface area contributed by atoms with Crippen molar-refractivity contribution >= 4 is 76.3 Å². The zero-order valence-electron chi connectivity index (χ0n) is 9.77. The zero-order chi connectivity index (χ0) is 13.8. The molecule has 6 heteroatoms. The number of benzene rings is 1. The topological polar surface area (TPSA) is 29.1 Å². The minimum absolute atomic E-state index is 0.0403. The van der Waals surface area contributed by atoms with Gasteiger partial charge in [0.1, 0.15) is 0 Å². The number of nitrogens with one attached hydrogen (secondary N) is 1. The molecule has 1 N–H and O–H groups in total. The van der Waals surface area contributed by atoms with E-state index in [1.54, 1.807) is 0 Å². The number of amides is 1. The lowest BCUT2D eigenvalue weighted by Gasteiger charge is -2.30. The van der Waals surface area contributed by atoms with E-state index < -0.39 is 0 Å². The fourth-order valence-corrected chi connectivity index (χ4v) is 4.30. The van der Waals surface area contributed by atoms with E-state index in [0.29, 0.717) is 5.56 Å². The van der Waals surface area contributed by atoms with Gasteiger partial charge in [0.15, 0.2) is 0 Å². The summed E-state index contributed by atoms with van der Waals surface area (Å²) in [6.45, 7) is 2.06. The van der Waals surface area contributed by atoms with Crippen molar-refractivity contribution in [3.63, 3.8) is 0 Å². The molecule has 1 aromatic carbocycles. The molecule has 0 aromatic heterocycles. The zero-order valence-corrected chi connectivity index (χ0v) is 16.7. The third-order valence-corrected chi connectivity index (χ3v) is 6.32. The normalized spacial score (nSPS) is 11.4. The van der Waals surface area contributed by atoms with Crippen LogP contribution in [0.15, 0.2) is 22.7 Å². The highest BCUT2D eigenvalue weighted by Gasteiger charge is 2.28. The van der Waals surface area contributed by atoms with Crippen molar-refractivity contribution in [3.05, 3.63) is 31.8 Å². The fraction of sp³-hybridized carbons (Fsp3) is 0.417. The van der Waals surface area contributed by atoms with Gasteiger partial charge in [-0.25, -0.2) is 0 Å². The maximum Gasteiger partial charge on any atom is 0.252 e. The molecule has 0 atom stereocenters. The fourth-order valence-electron chi connectivity index (χ4n) is 1.36. The average Bonchev–Trinajstić information content (AvgIpc) is 2.38. The molecule has 0 heterocycles. The summed E-state index contributed by atoms with van der Waals surface area (Å²) in [4.78, 5) is 12.3. The molecule has 0 aliphatic heterocycles. The number of rotatable bonds is 5. The molecule has 18 heavy (non-hydrogen) atoms. The minimum Gasteiger partial charge on any atom is -0.345 e. The largest absolute Gasteiger partial charge is 0.345 e. The Bertz CT molecular complexity index is 427. The molecule has 100 valence electrons. The van der Waals surface area contributed by atoms with Gasteiger partial charge in [-0.2, -0.15) is 0 Å². The Hall–Kier alpha value is 0.860. The van der Waals surface area contributed by atoms with Crippen LogP contribution in [0, 0.1) is 3.57 Å². The molecule has 0 saturated heterocycles. The van der Waals surface area contributed by atoms with Crippen molar-refractivity contribution in [2.75, 3.05) is 10.7 Å². The van der Waals surface area contributed by atoms with Crippen molar-refractivity contribution in [1.29, 1.82) is 0 Å². The standard InChI is InChI=1S/C12H13Br3INO/c1-2-12(6-13,7-14)17-11(18)9-5-8(15)3-4-10(9)16/h3-5H,2,6-7H2,1H3,(H,17,18). The first-order valence-corrected chi connectivity index (χ1v) is 9.49. The molecule has 2 nitrogen and oxygen atoms in total. The highest BCUT2D eigenvalue weighted by Crippen LogP contribution is 2.21. The first kappa shape index (κ1) is 16.9. The first-order valence-electron chi connectivity index (χ1n) is 5.37. The summed E-state index contributed by atoms with van der Waals surface area (Å²) < 4.78 is 1.86. The number of carbonyl (C=O) groups excluding carboxylic acids is 1. The third kappa shape index (κ3) is 4.18. The monoisotopic (exact) mass is 551 g/mol. The van der Waals surface area contributed by atoms with Crippen LogP contribution in [-0.4, -0.2) is 22.1 Å². The Morgan fingerprint density at radius 3 is 2.50 bits per heavy atom. The SMILES string of the molecule is CCC(CBr)(CBr)NC(=O)c1cc(Br)ccc1I. The van der Waals surface area contributed by atoms with E-state index >= 15 is 0 Å². The van der Waals surface area contributed by atoms with Crippen LogP contribution in [-0.2, 0) is 0 Å². The third-order valence-electron chi connectivity index (χ3n) is 2.74. The maximum absolute atomic E-state index is 12.3. The highest BCUT2D eigenvalue weighted by molar-refractivity contribution is 14.1. The lowest BCUT2D eigenvalue weighted by molar-refractivity contribution is 0.0914. The second-order valence-electron chi connectivity index (χ2n) is 3.98. The predicted molar refractivity (Wildman–Crippen MR) is 94.9 cm³/mol. The van der Waals surface area contributed by atoms with Gasteiger partial charge in [-0.05, 0) is 47.2 Å². The van der Waals surface area contributed by atoms with Gasteiger partial charge in [-0.3, -0.25) is 4.79 Å². The second kappa shape index (κ2) is 7.59. The molecule has 0 bridgehead atoms. The number of carbonyl (C=O) groups is 1. The Morgan fingerprint density at radius 2 is 2.00 bits per heavy atom. The number of hydrogen-bond acceptors (Lipinski definition) is 1. The lowest BCUT2D eigenvalue weighted by atomic mass is 10.0. The van der Waals surface area contributed by atoms with Crippen molar-refractivity contribution in [1.82, 2.24) is 5.32 Å². The van der Waals surface area contributed by atoms with E-state index in [1.807, 2.05) is 18.2 Å². The van der Waals surface area contributed by atoms with Crippen molar-refractivity contribution in [2.24, 2.45) is 0 Å². The van der Waals surface area contributed by atoms with Crippen LogP contribution in [0.1, 0.15) is 23.7 Å². The molecule has 0 spiro atoms. The smallest absolute Gasteiger partial charge is 0.252 e.